The van der Waals surface area contributed by atoms with Gasteiger partial charge in [-0.3, -0.25) is 14.6 Å². The minimum absolute atomic E-state index is 0.0335. The van der Waals surface area contributed by atoms with Crippen molar-refractivity contribution in [3.05, 3.63) is 71.6 Å². The van der Waals surface area contributed by atoms with Crippen molar-refractivity contribution in [2.24, 2.45) is 0 Å². The largest absolute Gasteiger partial charge is 0.490 e. The summed E-state index contributed by atoms with van der Waals surface area (Å²) in [7, 11) is 0. The number of hydrogen-bond acceptors (Lipinski definition) is 4. The number of H-pyrrole nitrogens is 1. The van der Waals surface area contributed by atoms with Crippen LogP contribution in [0.15, 0.2) is 60.3 Å². The zero-order valence-electron chi connectivity index (χ0n) is 19.4. The van der Waals surface area contributed by atoms with Crippen LogP contribution in [0, 0.1) is 0 Å². The number of carboxylic acids is 1. The highest BCUT2D eigenvalue weighted by Crippen LogP contribution is 2.27. The normalized spacial score (nSPS) is 13.1. The molecule has 0 aliphatic carbocycles. The first kappa shape index (κ1) is 26.2. The highest BCUT2D eigenvalue weighted by Gasteiger charge is 2.38. The van der Waals surface area contributed by atoms with E-state index in [0.717, 1.165) is 40.3 Å². The van der Waals surface area contributed by atoms with Crippen LogP contribution < -0.4 is 10.6 Å². The van der Waals surface area contributed by atoms with Crippen LogP contribution in [0.2, 0.25) is 0 Å². The van der Waals surface area contributed by atoms with E-state index in [4.69, 9.17) is 9.90 Å². The molecule has 11 heteroatoms. The van der Waals surface area contributed by atoms with Crippen molar-refractivity contribution in [2.45, 2.75) is 26.4 Å². The number of anilines is 1. The molecule has 2 amide bonds. The minimum Gasteiger partial charge on any atom is -0.475 e. The molecule has 0 fully saturated rings. The van der Waals surface area contributed by atoms with Gasteiger partial charge >= 0.3 is 12.1 Å². The molecule has 2 aromatic heterocycles. The highest BCUT2D eigenvalue weighted by atomic mass is 19.4. The number of carbonyl (C=O) groups excluding carboxylic acids is 2. The topological polar surface area (TPSA) is 124 Å². The summed E-state index contributed by atoms with van der Waals surface area (Å²) in [6.45, 7) is 4.27. The molecule has 3 aromatic rings. The molecule has 0 saturated heterocycles. The first-order valence-corrected chi connectivity index (χ1v) is 10.8. The summed E-state index contributed by atoms with van der Waals surface area (Å²) < 4.78 is 31.7. The lowest BCUT2D eigenvalue weighted by atomic mass is 10.1. The monoisotopic (exact) mass is 500 g/mol. The Hall–Kier alpha value is -4.41. The number of amides is 2. The number of carbonyl (C=O) groups is 3. The summed E-state index contributed by atoms with van der Waals surface area (Å²) in [6, 6.07) is 13.4. The summed E-state index contributed by atoms with van der Waals surface area (Å²) in [6.07, 6.45) is -0.740. The molecule has 1 aliphatic heterocycles. The molecule has 0 unspecified atom stereocenters. The van der Waals surface area contributed by atoms with Crippen molar-refractivity contribution in [1.82, 2.24) is 15.3 Å². The zero-order chi connectivity index (χ0) is 26.5. The molecule has 1 aliphatic rings. The van der Waals surface area contributed by atoms with Crippen LogP contribution in [0.25, 0.3) is 22.5 Å². The van der Waals surface area contributed by atoms with Crippen molar-refractivity contribution < 1.29 is 32.7 Å². The number of hydrogen-bond donors (Lipinski definition) is 4. The Morgan fingerprint density at radius 2 is 1.78 bits per heavy atom. The molecule has 188 valence electrons. The minimum atomic E-state index is -5.08. The second kappa shape index (κ2) is 10.9. The van der Waals surface area contributed by atoms with Crippen LogP contribution >= 0.6 is 0 Å². The smallest absolute Gasteiger partial charge is 0.475 e. The van der Waals surface area contributed by atoms with E-state index in [2.05, 4.69) is 20.6 Å². The quantitative estimate of drug-likeness (QED) is 0.391. The fourth-order valence-corrected chi connectivity index (χ4v) is 3.29. The van der Waals surface area contributed by atoms with Gasteiger partial charge in [0.1, 0.15) is 0 Å². The van der Waals surface area contributed by atoms with Gasteiger partial charge in [-0.05, 0) is 44.2 Å². The number of carboxylic acid groups (broad SMARTS) is 1. The zero-order valence-corrected chi connectivity index (χ0v) is 19.4. The van der Waals surface area contributed by atoms with Gasteiger partial charge in [0.15, 0.2) is 0 Å². The third-order valence-electron chi connectivity index (χ3n) is 5.35. The molecule has 0 radical (unpaired) electrons. The van der Waals surface area contributed by atoms with Crippen molar-refractivity contribution in [3.8, 4) is 22.5 Å². The van der Waals surface area contributed by atoms with E-state index < -0.39 is 12.1 Å². The predicted molar refractivity (Wildman–Crippen MR) is 127 cm³/mol. The van der Waals surface area contributed by atoms with Gasteiger partial charge in [-0.2, -0.15) is 13.2 Å². The van der Waals surface area contributed by atoms with Gasteiger partial charge in [-0.15, -0.1) is 0 Å². The first-order chi connectivity index (χ1) is 17.0. The van der Waals surface area contributed by atoms with E-state index in [-0.39, 0.29) is 11.8 Å². The van der Waals surface area contributed by atoms with Crippen LogP contribution in [-0.2, 0) is 16.0 Å². The second-order valence-electron chi connectivity index (χ2n) is 7.82. The van der Waals surface area contributed by atoms with Gasteiger partial charge in [0.2, 0.25) is 0 Å². The number of halogens is 3. The van der Waals surface area contributed by atoms with Crippen LogP contribution in [0.4, 0.5) is 18.9 Å². The Balaban J connectivity index is 0.000000454. The maximum Gasteiger partial charge on any atom is 0.490 e. The fourth-order valence-electron chi connectivity index (χ4n) is 3.29. The number of pyridine rings is 1. The molecule has 4 N–H and O–H groups in total. The van der Waals surface area contributed by atoms with E-state index in [1.807, 2.05) is 49.4 Å². The molecule has 0 bridgehead atoms. The number of fused-ring (bicyclic) bond motifs is 1. The fraction of sp³-hybridized carbons (Fsp3) is 0.200. The average molecular weight is 500 g/mol. The van der Waals surface area contributed by atoms with Gasteiger partial charge in [-0.1, -0.05) is 18.2 Å². The number of nitrogens with zero attached hydrogens (tertiary/aromatic N) is 1. The number of rotatable bonds is 4. The van der Waals surface area contributed by atoms with Crippen molar-refractivity contribution in [1.29, 1.82) is 0 Å². The van der Waals surface area contributed by atoms with E-state index in [1.165, 1.54) is 0 Å². The molecule has 1 aromatic carbocycles. The number of aromatic nitrogens is 2. The summed E-state index contributed by atoms with van der Waals surface area (Å²) in [4.78, 5) is 40.7. The van der Waals surface area contributed by atoms with Gasteiger partial charge in [-0.25, -0.2) is 4.79 Å². The van der Waals surface area contributed by atoms with Crippen LogP contribution in [0.5, 0.6) is 0 Å². The molecular formula is C25H23F3N4O4. The number of benzene rings is 1. The maximum atomic E-state index is 12.0. The molecule has 3 heterocycles. The summed E-state index contributed by atoms with van der Waals surface area (Å²) in [5, 5.41) is 12.9. The van der Waals surface area contributed by atoms with Crippen LogP contribution in [0.3, 0.4) is 0 Å². The maximum absolute atomic E-state index is 12.0. The number of nitrogens with one attached hydrogen (secondary N) is 3. The SMILES string of the molecule is C/C=C(\C)C(=O)Nc1ccc(-c2cc(-c3cc4c([nH]3)CCNC4=O)ccn2)cc1.O=C(O)C(F)(F)F. The summed E-state index contributed by atoms with van der Waals surface area (Å²) >= 11 is 0. The molecule has 8 nitrogen and oxygen atoms in total. The Bertz CT molecular complexity index is 1310. The number of aromatic amines is 1. The second-order valence-corrected chi connectivity index (χ2v) is 7.82. The van der Waals surface area contributed by atoms with Crippen LogP contribution in [0.1, 0.15) is 29.9 Å². The van der Waals surface area contributed by atoms with E-state index in [1.54, 1.807) is 19.2 Å². The lowest BCUT2D eigenvalue weighted by molar-refractivity contribution is -0.192. The molecule has 4 rings (SSSR count). The lowest BCUT2D eigenvalue weighted by Gasteiger charge is -2.11. The van der Waals surface area contributed by atoms with Crippen molar-refractivity contribution in [2.75, 3.05) is 11.9 Å². The number of aliphatic carboxylic acids is 1. The van der Waals surface area contributed by atoms with Gasteiger partial charge in [0.25, 0.3) is 11.8 Å². The van der Waals surface area contributed by atoms with Crippen molar-refractivity contribution in [3.63, 3.8) is 0 Å². The highest BCUT2D eigenvalue weighted by molar-refractivity contribution is 6.03. The molecule has 0 saturated carbocycles. The molecular weight excluding hydrogens is 477 g/mol. The Labute approximate surface area is 204 Å². The molecule has 0 atom stereocenters. The third-order valence-corrected chi connectivity index (χ3v) is 5.35. The lowest BCUT2D eigenvalue weighted by Crippen LogP contribution is -2.31. The predicted octanol–water partition coefficient (Wildman–Crippen LogP) is 4.57. The van der Waals surface area contributed by atoms with E-state index in [9.17, 15) is 22.8 Å². The van der Waals surface area contributed by atoms with Crippen LogP contribution in [-0.4, -0.2) is 45.6 Å². The molecule has 36 heavy (non-hydrogen) atoms. The third kappa shape index (κ3) is 6.38. The van der Waals surface area contributed by atoms with Gasteiger partial charge < -0.3 is 20.7 Å². The first-order valence-electron chi connectivity index (χ1n) is 10.8. The average Bonchev–Trinajstić information content (AvgIpc) is 3.30. The number of allylic oxidation sites excluding steroid dienone is 1. The van der Waals surface area contributed by atoms with E-state index >= 15 is 0 Å². The Kier molecular flexibility index (Phi) is 7.93. The summed E-state index contributed by atoms with van der Waals surface area (Å²) in [5.41, 5.74) is 6.73. The van der Waals surface area contributed by atoms with Crippen molar-refractivity contribution >= 4 is 23.5 Å². The van der Waals surface area contributed by atoms with Gasteiger partial charge in [0, 0.05) is 52.9 Å². The Morgan fingerprint density at radius 1 is 1.11 bits per heavy atom. The number of alkyl halides is 3. The standard InChI is InChI=1S/C23H22N4O2.C2HF3O2/c1-3-14(2)22(28)26-17-6-4-15(5-7-17)20-12-16(8-10-24-20)21-13-18-19(27-21)9-11-25-23(18)29;3-2(4,5)1(6)7/h3-8,10,12-13,27H,9,11H2,1-2H3,(H,25,29)(H,26,28);(H,6,7)/b14-3+;. The summed E-state index contributed by atoms with van der Waals surface area (Å²) in [5.74, 6) is -2.90. The van der Waals surface area contributed by atoms with Gasteiger partial charge in [0.05, 0.1) is 11.3 Å². The Morgan fingerprint density at radius 3 is 2.36 bits per heavy atom. The molecule has 0 spiro atoms. The van der Waals surface area contributed by atoms with E-state index in [0.29, 0.717) is 17.7 Å².